The van der Waals surface area contributed by atoms with E-state index in [4.69, 9.17) is 0 Å². The first kappa shape index (κ1) is 14.3. The number of nitrogens with zero attached hydrogens (tertiary/aromatic N) is 2. The van der Waals surface area contributed by atoms with Gasteiger partial charge in [-0.15, -0.1) is 0 Å². The van der Waals surface area contributed by atoms with E-state index in [1.807, 2.05) is 13.8 Å². The number of hydrogen-bond donors (Lipinski definition) is 0. The Balaban J connectivity index is 2.29. The highest BCUT2D eigenvalue weighted by atomic mass is 16.2. The zero-order valence-corrected chi connectivity index (χ0v) is 12.6. The second-order valence-corrected chi connectivity index (χ2v) is 6.76. The molecule has 0 saturated carbocycles. The van der Waals surface area contributed by atoms with Gasteiger partial charge in [0.05, 0.1) is 0 Å². The lowest BCUT2D eigenvalue weighted by atomic mass is 9.89. The van der Waals surface area contributed by atoms with Gasteiger partial charge in [0, 0.05) is 36.7 Å². The molecular weight excluding hydrogens is 240 g/mol. The van der Waals surface area contributed by atoms with Crippen molar-refractivity contribution in [3.05, 3.63) is 11.1 Å². The summed E-state index contributed by atoms with van der Waals surface area (Å²) >= 11 is 0. The number of hydrogen-bond acceptors (Lipinski definition) is 3. The largest absolute Gasteiger partial charge is 0.294 e. The summed E-state index contributed by atoms with van der Waals surface area (Å²) in [6.45, 7) is 11.9. The Hall–Kier alpha value is -1.16. The van der Waals surface area contributed by atoms with Gasteiger partial charge in [0.1, 0.15) is 0 Å². The van der Waals surface area contributed by atoms with Gasteiger partial charge in [-0.3, -0.25) is 19.4 Å². The smallest absolute Gasteiger partial charge is 0.257 e. The minimum atomic E-state index is -0.0739. The van der Waals surface area contributed by atoms with E-state index in [0.29, 0.717) is 13.0 Å². The SMILES string of the molecule is CC(C)N1C(=O)CC2=C(CN(C(C)(C)C)CC2)C1=O. The van der Waals surface area contributed by atoms with Crippen LogP contribution < -0.4 is 0 Å². The van der Waals surface area contributed by atoms with Crippen molar-refractivity contribution in [1.82, 2.24) is 9.80 Å². The molecule has 0 saturated heterocycles. The van der Waals surface area contributed by atoms with Crippen molar-refractivity contribution in [3.63, 3.8) is 0 Å². The van der Waals surface area contributed by atoms with Gasteiger partial charge >= 0.3 is 0 Å². The molecule has 106 valence electrons. The average Bonchev–Trinajstić information content (AvgIpc) is 2.26. The second-order valence-electron chi connectivity index (χ2n) is 6.76. The van der Waals surface area contributed by atoms with E-state index in [9.17, 15) is 9.59 Å². The van der Waals surface area contributed by atoms with E-state index in [1.165, 1.54) is 4.90 Å². The lowest BCUT2D eigenvalue weighted by Crippen LogP contribution is -2.52. The molecule has 0 bridgehead atoms. The fourth-order valence-corrected chi connectivity index (χ4v) is 2.84. The first-order valence-corrected chi connectivity index (χ1v) is 7.04. The minimum Gasteiger partial charge on any atom is -0.294 e. The summed E-state index contributed by atoms with van der Waals surface area (Å²) in [6, 6.07) is -0.0564. The predicted molar refractivity (Wildman–Crippen MR) is 74.6 cm³/mol. The molecule has 0 unspecified atom stereocenters. The summed E-state index contributed by atoms with van der Waals surface area (Å²) in [7, 11) is 0. The quantitative estimate of drug-likeness (QED) is 0.680. The standard InChI is InChI=1S/C15H24N2O2/c1-10(2)17-13(18)8-11-6-7-16(15(3,4)5)9-12(11)14(17)19/h10H,6-9H2,1-5H3. The molecule has 2 aliphatic heterocycles. The molecule has 0 atom stereocenters. The minimum absolute atomic E-state index is 0.0389. The van der Waals surface area contributed by atoms with Crippen molar-refractivity contribution >= 4 is 11.8 Å². The van der Waals surface area contributed by atoms with Gasteiger partial charge in [-0.1, -0.05) is 0 Å². The molecule has 2 aliphatic rings. The van der Waals surface area contributed by atoms with E-state index < -0.39 is 0 Å². The van der Waals surface area contributed by atoms with Gasteiger partial charge < -0.3 is 0 Å². The molecule has 0 aromatic rings. The van der Waals surface area contributed by atoms with Gasteiger partial charge in [-0.05, 0) is 46.6 Å². The van der Waals surface area contributed by atoms with Crippen LogP contribution in [-0.4, -0.2) is 46.3 Å². The van der Waals surface area contributed by atoms with Crippen LogP contribution in [0.15, 0.2) is 11.1 Å². The molecule has 4 nitrogen and oxygen atoms in total. The molecule has 0 spiro atoms. The third-order valence-corrected chi connectivity index (χ3v) is 4.03. The van der Waals surface area contributed by atoms with Crippen molar-refractivity contribution in [2.24, 2.45) is 0 Å². The van der Waals surface area contributed by atoms with Crippen LogP contribution in [0.25, 0.3) is 0 Å². The van der Waals surface area contributed by atoms with Crippen LogP contribution in [0, 0.1) is 0 Å². The third-order valence-electron chi connectivity index (χ3n) is 4.03. The van der Waals surface area contributed by atoms with Gasteiger partial charge in [-0.25, -0.2) is 0 Å². The van der Waals surface area contributed by atoms with Crippen molar-refractivity contribution in [2.45, 2.75) is 59.0 Å². The fourth-order valence-electron chi connectivity index (χ4n) is 2.84. The Morgan fingerprint density at radius 2 is 1.79 bits per heavy atom. The highest BCUT2D eigenvalue weighted by Gasteiger charge is 2.38. The van der Waals surface area contributed by atoms with Crippen LogP contribution in [0.1, 0.15) is 47.5 Å². The Bertz CT molecular complexity index is 444. The summed E-state index contributed by atoms with van der Waals surface area (Å²) in [4.78, 5) is 28.3. The van der Waals surface area contributed by atoms with Crippen molar-refractivity contribution < 1.29 is 9.59 Å². The van der Waals surface area contributed by atoms with Crippen LogP contribution in [0.3, 0.4) is 0 Å². The van der Waals surface area contributed by atoms with E-state index in [0.717, 1.165) is 24.1 Å². The van der Waals surface area contributed by atoms with Crippen LogP contribution >= 0.6 is 0 Å². The number of carbonyl (C=O) groups excluding carboxylic acids is 2. The molecule has 0 N–H and O–H groups in total. The maximum absolute atomic E-state index is 12.5. The van der Waals surface area contributed by atoms with E-state index in [1.54, 1.807) is 0 Å². The van der Waals surface area contributed by atoms with E-state index >= 15 is 0 Å². The first-order chi connectivity index (χ1) is 8.71. The maximum Gasteiger partial charge on any atom is 0.257 e. The zero-order valence-electron chi connectivity index (χ0n) is 12.6. The fraction of sp³-hybridized carbons (Fsp3) is 0.733. The molecule has 19 heavy (non-hydrogen) atoms. The zero-order chi connectivity index (χ0) is 14.4. The summed E-state index contributed by atoms with van der Waals surface area (Å²) in [6.07, 6.45) is 1.27. The Kier molecular flexibility index (Phi) is 3.56. The highest BCUT2D eigenvalue weighted by molar-refractivity contribution is 6.09. The number of amides is 2. The molecule has 4 heteroatoms. The highest BCUT2D eigenvalue weighted by Crippen LogP contribution is 2.31. The lowest BCUT2D eigenvalue weighted by molar-refractivity contribution is -0.145. The van der Waals surface area contributed by atoms with Gasteiger partial charge in [0.2, 0.25) is 5.91 Å². The second kappa shape index (κ2) is 4.75. The van der Waals surface area contributed by atoms with Crippen molar-refractivity contribution in [3.8, 4) is 0 Å². The van der Waals surface area contributed by atoms with Crippen LogP contribution in [0.5, 0.6) is 0 Å². The molecule has 0 radical (unpaired) electrons. The lowest BCUT2D eigenvalue weighted by Gasteiger charge is -2.42. The molecule has 2 heterocycles. The Morgan fingerprint density at radius 1 is 1.16 bits per heavy atom. The molecular formula is C15H24N2O2. The molecule has 2 amide bonds. The normalized spacial score (nSPS) is 22.3. The summed E-state index contributed by atoms with van der Waals surface area (Å²) < 4.78 is 0. The monoisotopic (exact) mass is 264 g/mol. The first-order valence-electron chi connectivity index (χ1n) is 7.04. The third kappa shape index (κ3) is 2.59. The maximum atomic E-state index is 12.5. The predicted octanol–water partition coefficient (Wildman–Crippen LogP) is 1.95. The van der Waals surface area contributed by atoms with Crippen molar-refractivity contribution in [2.75, 3.05) is 13.1 Å². The summed E-state index contributed by atoms with van der Waals surface area (Å²) in [5, 5.41) is 0. The average molecular weight is 264 g/mol. The van der Waals surface area contributed by atoms with Crippen LogP contribution in [0.2, 0.25) is 0 Å². The molecule has 2 rings (SSSR count). The van der Waals surface area contributed by atoms with Crippen LogP contribution in [-0.2, 0) is 9.59 Å². The van der Waals surface area contributed by atoms with E-state index in [-0.39, 0.29) is 23.4 Å². The molecule has 0 fully saturated rings. The molecule has 0 aromatic heterocycles. The number of carbonyl (C=O) groups is 2. The number of rotatable bonds is 1. The topological polar surface area (TPSA) is 40.6 Å². The van der Waals surface area contributed by atoms with Gasteiger partial charge in [0.25, 0.3) is 5.91 Å². The molecule has 0 aliphatic carbocycles. The summed E-state index contributed by atoms with van der Waals surface area (Å²) in [5.41, 5.74) is 1.98. The van der Waals surface area contributed by atoms with Crippen LogP contribution in [0.4, 0.5) is 0 Å². The van der Waals surface area contributed by atoms with Crippen molar-refractivity contribution in [1.29, 1.82) is 0 Å². The summed E-state index contributed by atoms with van der Waals surface area (Å²) in [5.74, 6) is -0.113. The van der Waals surface area contributed by atoms with Gasteiger partial charge in [-0.2, -0.15) is 0 Å². The van der Waals surface area contributed by atoms with Gasteiger partial charge in [0.15, 0.2) is 0 Å². The Labute approximate surface area is 115 Å². The molecule has 0 aromatic carbocycles. The Morgan fingerprint density at radius 3 is 2.32 bits per heavy atom. The number of imide groups is 1. The van der Waals surface area contributed by atoms with E-state index in [2.05, 4.69) is 25.7 Å².